The van der Waals surface area contributed by atoms with Crippen LogP contribution in [-0.2, 0) is 14.8 Å². The second-order valence-corrected chi connectivity index (χ2v) is 10.4. The molecule has 7 heteroatoms. The first-order valence-electron chi connectivity index (χ1n) is 9.56. The van der Waals surface area contributed by atoms with Crippen LogP contribution in [0.25, 0.3) is 0 Å². The summed E-state index contributed by atoms with van der Waals surface area (Å²) in [7, 11) is -3.85. The van der Waals surface area contributed by atoms with E-state index in [2.05, 4.69) is 21.2 Å². The van der Waals surface area contributed by atoms with Gasteiger partial charge in [-0.25, -0.2) is 8.42 Å². The molecule has 0 aromatic heterocycles. The van der Waals surface area contributed by atoms with Gasteiger partial charge in [0.25, 0.3) is 10.0 Å². The quantitative estimate of drug-likeness (QED) is 0.706. The van der Waals surface area contributed by atoms with E-state index >= 15 is 0 Å². The number of sulfonamides is 1. The summed E-state index contributed by atoms with van der Waals surface area (Å²) < 4.78 is 28.5. The zero-order chi connectivity index (χ0) is 19.7. The Kier molecular flexibility index (Phi) is 5.47. The molecule has 2 fully saturated rings. The number of benzene rings is 2. The van der Waals surface area contributed by atoms with Crippen LogP contribution in [0.2, 0.25) is 0 Å². The number of amides is 1. The Morgan fingerprint density at radius 2 is 1.75 bits per heavy atom. The van der Waals surface area contributed by atoms with Crippen LogP contribution in [0.15, 0.2) is 64.0 Å². The molecule has 0 unspecified atom stereocenters. The lowest BCUT2D eigenvalue weighted by molar-refractivity contribution is -0.120. The van der Waals surface area contributed by atoms with Crippen LogP contribution in [0.1, 0.15) is 25.7 Å². The molecule has 28 heavy (non-hydrogen) atoms. The molecular formula is C21H23BrN2O3S. The average molecular weight is 463 g/mol. The molecule has 2 aliphatic rings. The molecule has 3 atom stereocenters. The third kappa shape index (κ3) is 3.96. The van der Waals surface area contributed by atoms with Crippen molar-refractivity contribution < 1.29 is 13.2 Å². The van der Waals surface area contributed by atoms with Gasteiger partial charge in [-0.1, -0.05) is 40.5 Å². The minimum absolute atomic E-state index is 0.172. The number of nitrogens with zero attached hydrogens (tertiary/aromatic N) is 1. The molecule has 0 aliphatic heterocycles. The van der Waals surface area contributed by atoms with Gasteiger partial charge in [0.2, 0.25) is 5.91 Å². The molecule has 4 rings (SSSR count). The first-order valence-corrected chi connectivity index (χ1v) is 11.8. The van der Waals surface area contributed by atoms with Gasteiger partial charge < -0.3 is 5.32 Å². The van der Waals surface area contributed by atoms with Gasteiger partial charge in [-0.15, -0.1) is 0 Å². The second-order valence-electron chi connectivity index (χ2n) is 7.65. The largest absolute Gasteiger partial charge is 0.352 e. The first-order chi connectivity index (χ1) is 13.4. The number of carbonyl (C=O) groups excluding carboxylic acids is 1. The summed E-state index contributed by atoms with van der Waals surface area (Å²) in [6.45, 7) is -0.229. The van der Waals surface area contributed by atoms with E-state index in [9.17, 15) is 13.2 Å². The van der Waals surface area contributed by atoms with Crippen molar-refractivity contribution in [2.75, 3.05) is 10.8 Å². The summed E-state index contributed by atoms with van der Waals surface area (Å²) in [5, 5.41) is 3.09. The number of hydrogen-bond donors (Lipinski definition) is 1. The fraction of sp³-hybridized carbons (Fsp3) is 0.381. The Morgan fingerprint density at radius 1 is 1.04 bits per heavy atom. The Bertz CT molecular complexity index is 947. The number of hydrogen-bond acceptors (Lipinski definition) is 3. The van der Waals surface area contributed by atoms with Gasteiger partial charge in [-0.3, -0.25) is 9.10 Å². The van der Waals surface area contributed by atoms with Gasteiger partial charge in [-0.2, -0.15) is 0 Å². The standard InChI is InChI=1S/C21H23BrN2O3S/c22-17-8-10-18(11-9-17)24(28(26,27)19-4-2-1-3-5-19)14-21(25)23-20-13-15-6-7-16(20)12-15/h1-5,8-11,15-16,20H,6-7,12-14H2,(H,23,25)/t15-,16-,20-/m0/s1. The maximum atomic E-state index is 13.3. The second kappa shape index (κ2) is 7.87. The summed E-state index contributed by atoms with van der Waals surface area (Å²) in [5.41, 5.74) is 0.468. The van der Waals surface area contributed by atoms with Crippen LogP contribution in [-0.4, -0.2) is 26.9 Å². The van der Waals surface area contributed by atoms with Crippen molar-refractivity contribution >= 4 is 37.5 Å². The Labute approximate surface area is 174 Å². The number of rotatable bonds is 6. The Hall–Kier alpha value is -1.86. The molecule has 5 nitrogen and oxygen atoms in total. The minimum Gasteiger partial charge on any atom is -0.352 e. The molecule has 2 aromatic rings. The topological polar surface area (TPSA) is 66.5 Å². The molecule has 0 saturated heterocycles. The van der Waals surface area contributed by atoms with Gasteiger partial charge in [0, 0.05) is 10.5 Å². The average Bonchev–Trinajstić information content (AvgIpc) is 3.31. The van der Waals surface area contributed by atoms with Crippen molar-refractivity contribution in [3.63, 3.8) is 0 Å². The van der Waals surface area contributed by atoms with E-state index in [0.717, 1.165) is 17.3 Å². The van der Waals surface area contributed by atoms with E-state index in [0.29, 0.717) is 17.5 Å². The lowest BCUT2D eigenvalue weighted by atomic mass is 9.95. The maximum absolute atomic E-state index is 13.3. The minimum atomic E-state index is -3.85. The van der Waals surface area contributed by atoms with Gasteiger partial charge >= 0.3 is 0 Å². The van der Waals surface area contributed by atoms with E-state index in [1.165, 1.54) is 17.1 Å². The zero-order valence-electron chi connectivity index (χ0n) is 15.4. The van der Waals surface area contributed by atoms with E-state index in [1.54, 1.807) is 54.6 Å². The normalized spacial score (nSPS) is 23.5. The fourth-order valence-electron chi connectivity index (χ4n) is 4.45. The predicted octanol–water partition coefficient (Wildman–Crippen LogP) is 3.95. The van der Waals surface area contributed by atoms with Crippen LogP contribution in [0.5, 0.6) is 0 Å². The summed E-state index contributed by atoms with van der Waals surface area (Å²) in [6.07, 6.45) is 4.61. The highest BCUT2D eigenvalue weighted by molar-refractivity contribution is 9.10. The highest BCUT2D eigenvalue weighted by Crippen LogP contribution is 2.44. The Morgan fingerprint density at radius 3 is 2.36 bits per heavy atom. The molecular weight excluding hydrogens is 440 g/mol. The smallest absolute Gasteiger partial charge is 0.264 e. The molecule has 0 radical (unpaired) electrons. The van der Waals surface area contributed by atoms with Crippen molar-refractivity contribution in [3.05, 3.63) is 59.1 Å². The molecule has 148 valence electrons. The van der Waals surface area contributed by atoms with Gasteiger partial charge in [0.1, 0.15) is 6.54 Å². The van der Waals surface area contributed by atoms with Crippen LogP contribution >= 0.6 is 15.9 Å². The maximum Gasteiger partial charge on any atom is 0.264 e. The number of nitrogens with one attached hydrogen (secondary N) is 1. The third-order valence-corrected chi connectivity index (χ3v) is 8.13. The Balaban J connectivity index is 1.58. The molecule has 0 spiro atoms. The molecule has 0 heterocycles. The molecule has 2 aliphatic carbocycles. The SMILES string of the molecule is O=C(CN(c1ccc(Br)cc1)S(=O)(=O)c1ccccc1)N[C@H]1C[C@H]2CC[C@H]1C2. The van der Waals surface area contributed by atoms with Crippen molar-refractivity contribution in [2.45, 2.75) is 36.6 Å². The highest BCUT2D eigenvalue weighted by Gasteiger charge is 2.40. The summed E-state index contributed by atoms with van der Waals surface area (Å²) >= 11 is 3.37. The fourth-order valence-corrected chi connectivity index (χ4v) is 6.15. The van der Waals surface area contributed by atoms with E-state index in [4.69, 9.17) is 0 Å². The number of carbonyl (C=O) groups is 1. The predicted molar refractivity (Wildman–Crippen MR) is 112 cm³/mol. The first kappa shape index (κ1) is 19.5. The van der Waals surface area contributed by atoms with Crippen LogP contribution in [0.4, 0.5) is 5.69 Å². The number of anilines is 1. The number of fused-ring (bicyclic) bond motifs is 2. The van der Waals surface area contributed by atoms with Crippen LogP contribution < -0.4 is 9.62 Å². The van der Waals surface area contributed by atoms with Crippen molar-refractivity contribution in [1.82, 2.24) is 5.32 Å². The van der Waals surface area contributed by atoms with Crippen molar-refractivity contribution in [2.24, 2.45) is 11.8 Å². The van der Waals surface area contributed by atoms with Crippen molar-refractivity contribution in [1.29, 1.82) is 0 Å². The van der Waals surface area contributed by atoms with E-state index in [-0.39, 0.29) is 23.4 Å². The van der Waals surface area contributed by atoms with Gasteiger partial charge in [-0.05, 0) is 67.5 Å². The van der Waals surface area contributed by atoms with Gasteiger partial charge in [0.05, 0.1) is 10.6 Å². The van der Waals surface area contributed by atoms with Gasteiger partial charge in [0.15, 0.2) is 0 Å². The zero-order valence-corrected chi connectivity index (χ0v) is 17.8. The summed E-state index contributed by atoms with van der Waals surface area (Å²) in [6, 6.07) is 15.4. The van der Waals surface area contributed by atoms with E-state index < -0.39 is 10.0 Å². The molecule has 2 bridgehead atoms. The molecule has 1 N–H and O–H groups in total. The summed E-state index contributed by atoms with van der Waals surface area (Å²) in [4.78, 5) is 12.9. The highest BCUT2D eigenvalue weighted by atomic mass is 79.9. The molecule has 2 aromatic carbocycles. The lowest BCUT2D eigenvalue weighted by Crippen LogP contribution is -2.45. The molecule has 1 amide bonds. The van der Waals surface area contributed by atoms with E-state index in [1.807, 2.05) is 0 Å². The van der Waals surface area contributed by atoms with Crippen LogP contribution in [0.3, 0.4) is 0 Å². The monoisotopic (exact) mass is 462 g/mol. The van der Waals surface area contributed by atoms with Crippen molar-refractivity contribution in [3.8, 4) is 0 Å². The lowest BCUT2D eigenvalue weighted by Gasteiger charge is -2.27. The number of halogens is 1. The van der Waals surface area contributed by atoms with Crippen LogP contribution in [0, 0.1) is 11.8 Å². The summed E-state index contributed by atoms with van der Waals surface area (Å²) in [5.74, 6) is 1.01. The third-order valence-electron chi connectivity index (χ3n) is 5.82. The molecule has 2 saturated carbocycles.